The van der Waals surface area contributed by atoms with Gasteiger partial charge in [-0.15, -0.1) is 0 Å². The molecule has 0 bridgehead atoms. The van der Waals surface area contributed by atoms with E-state index in [9.17, 15) is 4.79 Å². The van der Waals surface area contributed by atoms with Crippen LogP contribution in [0.5, 0.6) is 0 Å². The van der Waals surface area contributed by atoms with Crippen LogP contribution < -0.4 is 5.32 Å². The number of aliphatic hydroxyl groups is 1. The quantitative estimate of drug-likeness (QED) is 0.289. The number of nitrogens with one attached hydrogen (secondary N) is 1. The minimum absolute atomic E-state index is 0.100. The first-order valence-electron chi connectivity index (χ1n) is 11.9. The fourth-order valence-electron chi connectivity index (χ4n) is 3.80. The highest BCUT2D eigenvalue weighted by Crippen LogP contribution is 2.17. The first-order chi connectivity index (χ1) is 13.8. The van der Waals surface area contributed by atoms with Crippen molar-refractivity contribution < 1.29 is 19.4 Å². The second-order valence-electron chi connectivity index (χ2n) is 8.20. The van der Waals surface area contributed by atoms with Crippen molar-refractivity contribution in [1.29, 1.82) is 0 Å². The van der Waals surface area contributed by atoms with Crippen molar-refractivity contribution in [2.45, 2.75) is 122 Å². The molecule has 1 aliphatic heterocycles. The van der Waals surface area contributed by atoms with Crippen LogP contribution in [0.2, 0.25) is 0 Å². The zero-order valence-corrected chi connectivity index (χ0v) is 18.3. The Morgan fingerprint density at radius 2 is 1.39 bits per heavy atom. The first-order valence-corrected chi connectivity index (χ1v) is 11.9. The van der Waals surface area contributed by atoms with Crippen LogP contribution in [-0.4, -0.2) is 43.2 Å². The molecule has 28 heavy (non-hydrogen) atoms. The van der Waals surface area contributed by atoms with Crippen molar-refractivity contribution in [3.63, 3.8) is 0 Å². The number of carbonyl (C=O) groups is 1. The Balaban J connectivity index is 1.76. The van der Waals surface area contributed by atoms with E-state index in [1.54, 1.807) is 0 Å². The number of unbranched alkanes of at least 4 members (excludes halogenated alkanes) is 14. The smallest absolute Gasteiger partial charge is 0.407 e. The second-order valence-corrected chi connectivity index (χ2v) is 8.20. The molecule has 1 rings (SSSR count). The molecule has 1 aliphatic rings. The zero-order chi connectivity index (χ0) is 20.3. The Morgan fingerprint density at radius 1 is 0.893 bits per heavy atom. The van der Waals surface area contributed by atoms with Gasteiger partial charge < -0.3 is 19.9 Å². The third-order valence-electron chi connectivity index (χ3n) is 5.64. The molecular weight excluding hydrogens is 354 g/mol. The highest BCUT2D eigenvalue weighted by atomic mass is 16.6. The van der Waals surface area contributed by atoms with Crippen molar-refractivity contribution in [2.24, 2.45) is 0 Å². The summed E-state index contributed by atoms with van der Waals surface area (Å²) in [5.41, 5.74) is 0. The molecule has 5 heteroatoms. The topological polar surface area (TPSA) is 67.8 Å². The van der Waals surface area contributed by atoms with Crippen LogP contribution in [0.25, 0.3) is 0 Å². The summed E-state index contributed by atoms with van der Waals surface area (Å²) in [6, 6.07) is 0. The van der Waals surface area contributed by atoms with Crippen LogP contribution in [0, 0.1) is 0 Å². The van der Waals surface area contributed by atoms with Gasteiger partial charge in [0.05, 0.1) is 13.2 Å². The largest absolute Gasteiger partial charge is 0.443 e. The third kappa shape index (κ3) is 13.4. The van der Waals surface area contributed by atoms with Gasteiger partial charge in [-0.25, -0.2) is 4.79 Å². The summed E-state index contributed by atoms with van der Waals surface area (Å²) in [5.74, 6) is 0. The maximum Gasteiger partial charge on any atom is 0.407 e. The summed E-state index contributed by atoms with van der Waals surface area (Å²) >= 11 is 0. The summed E-state index contributed by atoms with van der Waals surface area (Å²) in [4.78, 5) is 11.7. The van der Waals surface area contributed by atoms with Crippen molar-refractivity contribution in [2.75, 3.05) is 19.8 Å². The van der Waals surface area contributed by atoms with E-state index in [-0.39, 0.29) is 24.9 Å². The monoisotopic (exact) mass is 399 g/mol. The van der Waals surface area contributed by atoms with Gasteiger partial charge in [-0.1, -0.05) is 96.8 Å². The maximum absolute atomic E-state index is 11.7. The fraction of sp³-hybridized carbons (Fsp3) is 0.957. The number of hydrogen-bond acceptors (Lipinski definition) is 4. The highest BCUT2D eigenvalue weighted by Gasteiger charge is 2.30. The number of hydrogen-bond donors (Lipinski definition) is 2. The van der Waals surface area contributed by atoms with Crippen molar-refractivity contribution in [1.82, 2.24) is 5.32 Å². The minimum Gasteiger partial charge on any atom is -0.443 e. The molecule has 5 nitrogen and oxygen atoms in total. The number of rotatable bonds is 18. The molecule has 0 aromatic carbocycles. The van der Waals surface area contributed by atoms with Crippen LogP contribution >= 0.6 is 0 Å². The lowest BCUT2D eigenvalue weighted by Crippen LogP contribution is -2.35. The second kappa shape index (κ2) is 18.2. The van der Waals surface area contributed by atoms with Gasteiger partial charge in [0, 0.05) is 13.0 Å². The Bertz CT molecular complexity index is 365. The fourth-order valence-corrected chi connectivity index (χ4v) is 3.80. The summed E-state index contributed by atoms with van der Waals surface area (Å²) in [6.45, 7) is 3.38. The zero-order valence-electron chi connectivity index (χ0n) is 18.3. The Hall–Kier alpha value is -0.810. The number of carbonyl (C=O) groups excluding carboxylic acids is 1. The molecule has 0 aliphatic carbocycles. The lowest BCUT2D eigenvalue weighted by atomic mass is 10.0. The van der Waals surface area contributed by atoms with E-state index in [0.29, 0.717) is 19.6 Å². The van der Waals surface area contributed by atoms with E-state index in [4.69, 9.17) is 14.6 Å². The van der Waals surface area contributed by atoms with Gasteiger partial charge >= 0.3 is 6.09 Å². The predicted octanol–water partition coefficient (Wildman–Crippen LogP) is 5.73. The van der Waals surface area contributed by atoms with Crippen LogP contribution in [-0.2, 0) is 9.47 Å². The summed E-state index contributed by atoms with van der Waals surface area (Å²) in [7, 11) is 0. The van der Waals surface area contributed by atoms with E-state index in [0.717, 1.165) is 12.8 Å². The molecule has 1 fully saturated rings. The molecule has 1 heterocycles. The minimum atomic E-state index is -0.390. The molecule has 0 aromatic rings. The SMILES string of the molecule is CCCCCCCCCCCCCCCCCNC(=O)O[C@H]1CCO[C@@H]1CO. The van der Waals surface area contributed by atoms with E-state index in [1.165, 1.54) is 83.5 Å². The lowest BCUT2D eigenvalue weighted by Gasteiger charge is -2.17. The molecule has 2 atom stereocenters. The average molecular weight is 400 g/mol. The number of aliphatic hydroxyl groups excluding tert-OH is 1. The molecule has 0 spiro atoms. The van der Waals surface area contributed by atoms with Crippen LogP contribution in [0.15, 0.2) is 0 Å². The molecule has 2 N–H and O–H groups in total. The molecule has 1 amide bonds. The molecule has 0 aromatic heterocycles. The molecule has 0 radical (unpaired) electrons. The number of ether oxygens (including phenoxy) is 2. The van der Waals surface area contributed by atoms with Gasteiger partial charge in [0.2, 0.25) is 0 Å². The van der Waals surface area contributed by atoms with Crippen LogP contribution in [0.3, 0.4) is 0 Å². The maximum atomic E-state index is 11.7. The van der Waals surface area contributed by atoms with E-state index < -0.39 is 0 Å². The van der Waals surface area contributed by atoms with Crippen LogP contribution in [0.4, 0.5) is 4.79 Å². The van der Waals surface area contributed by atoms with Gasteiger partial charge in [-0.05, 0) is 6.42 Å². The van der Waals surface area contributed by atoms with Gasteiger partial charge in [0.25, 0.3) is 0 Å². The Labute approximate surface area is 172 Å². The molecule has 1 saturated heterocycles. The predicted molar refractivity (Wildman–Crippen MR) is 115 cm³/mol. The standard InChI is InChI=1S/C23H45NO4/c1-2-3-4-5-6-7-8-9-10-11-12-13-14-15-16-18-24-23(26)28-21-17-19-27-22(21)20-25/h21-22,25H,2-20H2,1H3,(H,24,26)/t21-,22+/m0/s1. The summed E-state index contributed by atoms with van der Waals surface area (Å²) in [5, 5.41) is 11.9. The van der Waals surface area contributed by atoms with Gasteiger partial charge in [0.15, 0.2) is 0 Å². The van der Waals surface area contributed by atoms with Crippen LogP contribution in [0.1, 0.15) is 110 Å². The lowest BCUT2D eigenvalue weighted by molar-refractivity contribution is -0.00495. The van der Waals surface area contributed by atoms with Gasteiger partial charge in [-0.2, -0.15) is 0 Å². The molecule has 166 valence electrons. The summed E-state index contributed by atoms with van der Waals surface area (Å²) in [6.07, 6.45) is 19.7. The molecule has 0 saturated carbocycles. The van der Waals surface area contributed by atoms with Crippen molar-refractivity contribution >= 4 is 6.09 Å². The van der Waals surface area contributed by atoms with Gasteiger partial charge in [-0.3, -0.25) is 0 Å². The van der Waals surface area contributed by atoms with E-state index >= 15 is 0 Å². The van der Waals surface area contributed by atoms with Crippen molar-refractivity contribution in [3.05, 3.63) is 0 Å². The van der Waals surface area contributed by atoms with Crippen molar-refractivity contribution in [3.8, 4) is 0 Å². The summed E-state index contributed by atoms with van der Waals surface area (Å²) < 4.78 is 10.6. The van der Waals surface area contributed by atoms with E-state index in [2.05, 4.69) is 12.2 Å². The highest BCUT2D eigenvalue weighted by molar-refractivity contribution is 5.67. The first kappa shape index (κ1) is 25.2. The van der Waals surface area contributed by atoms with Gasteiger partial charge in [0.1, 0.15) is 12.2 Å². The average Bonchev–Trinajstić information content (AvgIpc) is 3.14. The third-order valence-corrected chi connectivity index (χ3v) is 5.64. The number of amides is 1. The molecule has 0 unspecified atom stereocenters. The van der Waals surface area contributed by atoms with E-state index in [1.807, 2.05) is 0 Å². The molecular formula is C23H45NO4. The number of alkyl carbamates (subject to hydrolysis) is 1. The Kier molecular flexibility index (Phi) is 16.4. The normalized spacial score (nSPS) is 19.1. The Morgan fingerprint density at radius 3 is 1.89 bits per heavy atom.